The molecule has 2 aromatic carbocycles. The molecule has 0 atom stereocenters. The molecule has 20 heavy (non-hydrogen) atoms. The highest BCUT2D eigenvalue weighted by Gasteiger charge is 2.08. The van der Waals surface area contributed by atoms with Crippen LogP contribution in [0.5, 0.6) is 11.5 Å². The SMILES string of the molecule is CCOc1cc(CO)ccc1OCc1ccccc1F. The Morgan fingerprint density at radius 3 is 2.55 bits per heavy atom. The molecule has 106 valence electrons. The van der Waals surface area contributed by atoms with Gasteiger partial charge in [0.15, 0.2) is 11.5 Å². The minimum Gasteiger partial charge on any atom is -0.490 e. The third-order valence-electron chi connectivity index (χ3n) is 2.83. The summed E-state index contributed by atoms with van der Waals surface area (Å²) in [5.74, 6) is 0.792. The van der Waals surface area contributed by atoms with E-state index in [1.54, 1.807) is 36.4 Å². The van der Waals surface area contributed by atoms with Gasteiger partial charge in [0.2, 0.25) is 0 Å². The molecule has 0 aliphatic rings. The number of hydrogen-bond acceptors (Lipinski definition) is 3. The highest BCUT2D eigenvalue weighted by atomic mass is 19.1. The fraction of sp³-hybridized carbons (Fsp3) is 0.250. The average Bonchev–Trinajstić information content (AvgIpc) is 2.47. The molecule has 0 saturated carbocycles. The molecule has 1 N–H and O–H groups in total. The number of ether oxygens (including phenoxy) is 2. The second kappa shape index (κ2) is 6.91. The van der Waals surface area contributed by atoms with E-state index in [9.17, 15) is 4.39 Å². The highest BCUT2D eigenvalue weighted by molar-refractivity contribution is 5.43. The maximum atomic E-state index is 13.5. The lowest BCUT2D eigenvalue weighted by atomic mass is 10.2. The van der Waals surface area contributed by atoms with Crippen molar-refractivity contribution in [3.63, 3.8) is 0 Å². The predicted molar refractivity (Wildman–Crippen MR) is 74.3 cm³/mol. The van der Waals surface area contributed by atoms with E-state index < -0.39 is 0 Å². The summed E-state index contributed by atoms with van der Waals surface area (Å²) >= 11 is 0. The summed E-state index contributed by atoms with van der Waals surface area (Å²) < 4.78 is 24.6. The summed E-state index contributed by atoms with van der Waals surface area (Å²) in [6, 6.07) is 11.7. The van der Waals surface area contributed by atoms with Crippen molar-refractivity contribution >= 4 is 0 Å². The molecule has 0 spiro atoms. The Morgan fingerprint density at radius 2 is 1.85 bits per heavy atom. The van der Waals surface area contributed by atoms with E-state index in [2.05, 4.69) is 0 Å². The van der Waals surface area contributed by atoms with Crippen LogP contribution in [-0.2, 0) is 13.2 Å². The van der Waals surface area contributed by atoms with E-state index in [4.69, 9.17) is 14.6 Å². The van der Waals surface area contributed by atoms with E-state index in [-0.39, 0.29) is 19.0 Å². The van der Waals surface area contributed by atoms with Gasteiger partial charge in [-0.3, -0.25) is 0 Å². The van der Waals surface area contributed by atoms with Crippen molar-refractivity contribution in [3.05, 3.63) is 59.4 Å². The summed E-state index contributed by atoms with van der Waals surface area (Å²) in [4.78, 5) is 0. The third-order valence-corrected chi connectivity index (χ3v) is 2.83. The zero-order valence-corrected chi connectivity index (χ0v) is 11.3. The van der Waals surface area contributed by atoms with Crippen molar-refractivity contribution < 1.29 is 19.0 Å². The third kappa shape index (κ3) is 3.48. The highest BCUT2D eigenvalue weighted by Crippen LogP contribution is 2.29. The molecule has 2 rings (SSSR count). The van der Waals surface area contributed by atoms with Gasteiger partial charge < -0.3 is 14.6 Å². The largest absolute Gasteiger partial charge is 0.490 e. The second-order valence-corrected chi connectivity index (χ2v) is 4.25. The number of benzene rings is 2. The van der Waals surface area contributed by atoms with Gasteiger partial charge in [-0.2, -0.15) is 0 Å². The Bertz CT molecular complexity index is 569. The van der Waals surface area contributed by atoms with Gasteiger partial charge in [0.05, 0.1) is 13.2 Å². The smallest absolute Gasteiger partial charge is 0.161 e. The van der Waals surface area contributed by atoms with Crippen LogP contribution in [0.1, 0.15) is 18.1 Å². The number of halogens is 1. The van der Waals surface area contributed by atoms with Gasteiger partial charge in [-0.15, -0.1) is 0 Å². The van der Waals surface area contributed by atoms with Crippen molar-refractivity contribution in [3.8, 4) is 11.5 Å². The molecule has 0 amide bonds. The summed E-state index contributed by atoms with van der Waals surface area (Å²) in [7, 11) is 0. The quantitative estimate of drug-likeness (QED) is 0.879. The van der Waals surface area contributed by atoms with Crippen molar-refractivity contribution in [2.45, 2.75) is 20.1 Å². The van der Waals surface area contributed by atoms with Crippen molar-refractivity contribution in [1.82, 2.24) is 0 Å². The summed E-state index contributed by atoms with van der Waals surface area (Å²) in [5, 5.41) is 9.12. The molecule has 3 nitrogen and oxygen atoms in total. The number of rotatable bonds is 6. The molecule has 0 radical (unpaired) electrons. The second-order valence-electron chi connectivity index (χ2n) is 4.25. The molecule has 2 aromatic rings. The number of aliphatic hydroxyl groups excluding tert-OH is 1. The van der Waals surface area contributed by atoms with Gasteiger partial charge >= 0.3 is 0 Å². The predicted octanol–water partition coefficient (Wildman–Crippen LogP) is 3.30. The minimum absolute atomic E-state index is 0.0618. The van der Waals surface area contributed by atoms with Crippen molar-refractivity contribution in [1.29, 1.82) is 0 Å². The fourth-order valence-corrected chi connectivity index (χ4v) is 1.81. The van der Waals surface area contributed by atoms with Crippen LogP contribution < -0.4 is 9.47 Å². The number of hydrogen-bond donors (Lipinski definition) is 1. The molecular formula is C16H17FO3. The Kier molecular flexibility index (Phi) is 4.96. The molecule has 0 bridgehead atoms. The topological polar surface area (TPSA) is 38.7 Å². The van der Waals surface area contributed by atoms with E-state index in [1.165, 1.54) is 6.07 Å². The van der Waals surface area contributed by atoms with Crippen LogP contribution in [0.2, 0.25) is 0 Å². The lowest BCUT2D eigenvalue weighted by molar-refractivity contribution is 0.261. The van der Waals surface area contributed by atoms with Gasteiger partial charge in [0, 0.05) is 5.56 Å². The van der Waals surface area contributed by atoms with Crippen molar-refractivity contribution in [2.75, 3.05) is 6.61 Å². The number of aliphatic hydroxyl groups is 1. The first-order chi connectivity index (χ1) is 9.74. The van der Waals surface area contributed by atoms with E-state index >= 15 is 0 Å². The average molecular weight is 276 g/mol. The first-order valence-electron chi connectivity index (χ1n) is 6.47. The summed E-state index contributed by atoms with van der Waals surface area (Å²) in [6.45, 7) is 2.43. The molecule has 0 unspecified atom stereocenters. The molecule has 0 saturated heterocycles. The monoisotopic (exact) mass is 276 g/mol. The minimum atomic E-state index is -0.294. The van der Waals surface area contributed by atoms with Gasteiger partial charge in [0.25, 0.3) is 0 Å². The van der Waals surface area contributed by atoms with Gasteiger partial charge in [-0.25, -0.2) is 4.39 Å². The molecule has 0 fully saturated rings. The van der Waals surface area contributed by atoms with E-state index in [0.29, 0.717) is 23.7 Å². The van der Waals surface area contributed by atoms with Crippen LogP contribution in [-0.4, -0.2) is 11.7 Å². The lowest BCUT2D eigenvalue weighted by Crippen LogP contribution is -2.02. The first-order valence-corrected chi connectivity index (χ1v) is 6.47. The van der Waals surface area contributed by atoms with E-state index in [1.807, 2.05) is 6.92 Å². The molecular weight excluding hydrogens is 259 g/mol. The van der Waals surface area contributed by atoms with Crippen LogP contribution in [0.4, 0.5) is 4.39 Å². The maximum Gasteiger partial charge on any atom is 0.161 e. The Balaban J connectivity index is 2.14. The Hall–Kier alpha value is -2.07. The normalized spacial score (nSPS) is 10.3. The molecule has 0 aromatic heterocycles. The van der Waals surface area contributed by atoms with E-state index in [0.717, 1.165) is 5.56 Å². The summed E-state index contributed by atoms with van der Waals surface area (Å²) in [6.07, 6.45) is 0. The van der Waals surface area contributed by atoms with Crippen LogP contribution in [0.3, 0.4) is 0 Å². The zero-order chi connectivity index (χ0) is 14.4. The van der Waals surface area contributed by atoms with Gasteiger partial charge in [0.1, 0.15) is 12.4 Å². The molecule has 0 aliphatic carbocycles. The van der Waals surface area contributed by atoms with Gasteiger partial charge in [-0.05, 0) is 30.7 Å². The Labute approximate surface area is 117 Å². The lowest BCUT2D eigenvalue weighted by Gasteiger charge is -2.13. The van der Waals surface area contributed by atoms with Crippen LogP contribution in [0.25, 0.3) is 0 Å². The fourth-order valence-electron chi connectivity index (χ4n) is 1.81. The van der Waals surface area contributed by atoms with Crippen LogP contribution in [0.15, 0.2) is 42.5 Å². The molecule has 0 heterocycles. The first kappa shape index (κ1) is 14.3. The molecule has 4 heteroatoms. The van der Waals surface area contributed by atoms with Crippen LogP contribution in [0, 0.1) is 5.82 Å². The van der Waals surface area contributed by atoms with Gasteiger partial charge in [-0.1, -0.05) is 24.3 Å². The Morgan fingerprint density at radius 1 is 1.05 bits per heavy atom. The zero-order valence-electron chi connectivity index (χ0n) is 11.3. The summed E-state index contributed by atoms with van der Waals surface area (Å²) in [5.41, 5.74) is 1.23. The van der Waals surface area contributed by atoms with Crippen molar-refractivity contribution in [2.24, 2.45) is 0 Å². The standard InChI is InChI=1S/C16H17FO3/c1-2-19-16-9-12(10-18)7-8-15(16)20-11-13-5-3-4-6-14(13)17/h3-9,18H,2,10-11H2,1H3. The van der Waals surface area contributed by atoms with Crippen LogP contribution >= 0.6 is 0 Å². The maximum absolute atomic E-state index is 13.5. The molecule has 0 aliphatic heterocycles.